The lowest BCUT2D eigenvalue weighted by Crippen LogP contribution is -1.92. The van der Waals surface area contributed by atoms with Gasteiger partial charge in [-0.25, -0.2) is 4.98 Å². The molecule has 2 nitrogen and oxygen atoms in total. The maximum absolute atomic E-state index is 4.45. The Bertz CT molecular complexity index is 471. The van der Waals surface area contributed by atoms with Gasteiger partial charge in [0.2, 0.25) is 0 Å². The van der Waals surface area contributed by atoms with Crippen molar-refractivity contribution < 1.29 is 0 Å². The molecule has 0 amide bonds. The average molecular weight is 239 g/mol. The van der Waals surface area contributed by atoms with Crippen LogP contribution in [0.15, 0.2) is 16.7 Å². The molecule has 0 atom stereocenters. The Morgan fingerprint density at radius 2 is 1.92 bits per heavy atom. The van der Waals surface area contributed by atoms with E-state index in [-0.39, 0.29) is 0 Å². The molecule has 0 unspecified atom stereocenters. The minimum absolute atomic E-state index is 1.02. The number of imidazole rings is 1. The van der Waals surface area contributed by atoms with E-state index in [1.807, 2.05) is 6.92 Å². The minimum Gasteiger partial charge on any atom is -0.291 e. The summed E-state index contributed by atoms with van der Waals surface area (Å²) in [7, 11) is 0. The van der Waals surface area contributed by atoms with Crippen LogP contribution in [-0.4, -0.2) is 9.38 Å². The third-order valence-electron chi connectivity index (χ3n) is 2.15. The van der Waals surface area contributed by atoms with Crippen LogP contribution < -0.4 is 0 Å². The number of pyridine rings is 1. The molecule has 0 saturated heterocycles. The number of rotatable bonds is 0. The van der Waals surface area contributed by atoms with Crippen LogP contribution in [0.4, 0.5) is 0 Å². The van der Waals surface area contributed by atoms with Gasteiger partial charge in [0.25, 0.3) is 0 Å². The molecule has 0 aliphatic rings. The number of hydrogen-bond donors (Lipinski definition) is 0. The van der Waals surface area contributed by atoms with Gasteiger partial charge in [-0.1, -0.05) is 0 Å². The third-order valence-corrected chi connectivity index (χ3v) is 3.08. The van der Waals surface area contributed by atoms with Crippen molar-refractivity contribution >= 4 is 21.6 Å². The van der Waals surface area contributed by atoms with E-state index in [0.29, 0.717) is 0 Å². The second-order valence-electron chi connectivity index (χ2n) is 3.36. The van der Waals surface area contributed by atoms with E-state index in [4.69, 9.17) is 0 Å². The molecule has 0 radical (unpaired) electrons. The highest BCUT2D eigenvalue weighted by Crippen LogP contribution is 2.20. The van der Waals surface area contributed by atoms with Crippen molar-refractivity contribution in [1.82, 2.24) is 9.38 Å². The van der Waals surface area contributed by atoms with Gasteiger partial charge < -0.3 is 0 Å². The van der Waals surface area contributed by atoms with Crippen molar-refractivity contribution in [2.24, 2.45) is 0 Å². The third kappa shape index (κ3) is 1.27. The summed E-state index contributed by atoms with van der Waals surface area (Å²) in [5.74, 6) is 0. The highest BCUT2D eigenvalue weighted by Gasteiger charge is 2.07. The topological polar surface area (TPSA) is 17.3 Å². The van der Waals surface area contributed by atoms with Gasteiger partial charge in [0.1, 0.15) is 10.3 Å². The average Bonchev–Trinajstić information content (AvgIpc) is 2.27. The van der Waals surface area contributed by atoms with Crippen molar-refractivity contribution in [3.05, 3.63) is 33.7 Å². The van der Waals surface area contributed by atoms with Crippen LogP contribution in [0.25, 0.3) is 5.65 Å². The van der Waals surface area contributed by atoms with Crippen molar-refractivity contribution in [1.29, 1.82) is 0 Å². The zero-order valence-corrected chi connectivity index (χ0v) is 9.51. The molecule has 0 fully saturated rings. The van der Waals surface area contributed by atoms with Gasteiger partial charge in [-0.3, -0.25) is 4.40 Å². The van der Waals surface area contributed by atoms with Gasteiger partial charge in [0, 0.05) is 5.69 Å². The molecule has 0 saturated carbocycles. The van der Waals surface area contributed by atoms with E-state index >= 15 is 0 Å². The highest BCUT2D eigenvalue weighted by molar-refractivity contribution is 9.10. The van der Waals surface area contributed by atoms with Crippen LogP contribution >= 0.6 is 15.9 Å². The largest absolute Gasteiger partial charge is 0.291 e. The van der Waals surface area contributed by atoms with Crippen molar-refractivity contribution in [3.8, 4) is 0 Å². The van der Waals surface area contributed by atoms with Gasteiger partial charge in [-0.05, 0) is 54.4 Å². The normalized spacial score (nSPS) is 11.1. The Hall–Kier alpha value is -0.830. The lowest BCUT2D eigenvalue weighted by atomic mass is 10.2. The van der Waals surface area contributed by atoms with E-state index in [2.05, 4.69) is 51.3 Å². The highest BCUT2D eigenvalue weighted by atomic mass is 79.9. The molecule has 3 heteroatoms. The van der Waals surface area contributed by atoms with Crippen molar-refractivity contribution in [2.75, 3.05) is 0 Å². The summed E-state index contributed by atoms with van der Waals surface area (Å²) in [6.45, 7) is 6.18. The second kappa shape index (κ2) is 2.84. The fraction of sp³-hybridized carbons (Fsp3) is 0.300. The molecule has 68 valence electrons. The molecule has 0 aromatic carbocycles. The maximum atomic E-state index is 4.45. The van der Waals surface area contributed by atoms with Crippen molar-refractivity contribution in [3.63, 3.8) is 0 Å². The Kier molecular flexibility index (Phi) is 1.91. The molecule has 2 aromatic heterocycles. The van der Waals surface area contributed by atoms with E-state index < -0.39 is 0 Å². The van der Waals surface area contributed by atoms with Gasteiger partial charge in [0.05, 0.1) is 5.69 Å². The first kappa shape index (κ1) is 8.75. The lowest BCUT2D eigenvalue weighted by molar-refractivity contribution is 1.05. The summed E-state index contributed by atoms with van der Waals surface area (Å²) < 4.78 is 3.17. The number of halogens is 1. The first-order valence-corrected chi connectivity index (χ1v) is 5.00. The predicted molar refractivity (Wildman–Crippen MR) is 57.1 cm³/mol. The molecular formula is C10H11BrN2. The fourth-order valence-electron chi connectivity index (χ4n) is 1.60. The molecule has 0 aliphatic heterocycles. The summed E-state index contributed by atoms with van der Waals surface area (Å²) in [6, 6.07) is 4.24. The monoisotopic (exact) mass is 238 g/mol. The Morgan fingerprint density at radius 1 is 1.23 bits per heavy atom. The SMILES string of the molecule is Cc1cc(C)n2c(Br)c(C)nc2c1. The number of aromatic nitrogens is 2. The predicted octanol–water partition coefficient (Wildman–Crippen LogP) is 3.02. The number of fused-ring (bicyclic) bond motifs is 1. The molecule has 0 aliphatic carbocycles. The summed E-state index contributed by atoms with van der Waals surface area (Å²) in [6.07, 6.45) is 0. The van der Waals surface area contributed by atoms with Crippen LogP contribution in [0.3, 0.4) is 0 Å². The Labute approximate surface area is 85.7 Å². The van der Waals surface area contributed by atoms with E-state index in [0.717, 1.165) is 15.9 Å². The van der Waals surface area contributed by atoms with Gasteiger partial charge in [-0.2, -0.15) is 0 Å². The van der Waals surface area contributed by atoms with Gasteiger partial charge in [-0.15, -0.1) is 0 Å². The molecule has 0 spiro atoms. The van der Waals surface area contributed by atoms with Crippen LogP contribution in [0, 0.1) is 20.8 Å². The second-order valence-corrected chi connectivity index (χ2v) is 4.11. The zero-order valence-electron chi connectivity index (χ0n) is 7.93. The van der Waals surface area contributed by atoms with Crippen molar-refractivity contribution in [2.45, 2.75) is 20.8 Å². The van der Waals surface area contributed by atoms with Crippen LogP contribution in [0.1, 0.15) is 17.0 Å². The lowest BCUT2D eigenvalue weighted by Gasteiger charge is -2.02. The van der Waals surface area contributed by atoms with Gasteiger partial charge in [0.15, 0.2) is 0 Å². The van der Waals surface area contributed by atoms with E-state index in [1.165, 1.54) is 11.3 Å². The smallest absolute Gasteiger partial charge is 0.138 e. The standard InChI is InChI=1S/C10H11BrN2/c1-6-4-7(2)13-9(5-6)12-8(3)10(13)11/h4-5H,1-3H3. The number of nitrogens with zero attached hydrogens (tertiary/aromatic N) is 2. The van der Waals surface area contributed by atoms with Crippen LogP contribution in [-0.2, 0) is 0 Å². The quantitative estimate of drug-likeness (QED) is 0.690. The Morgan fingerprint density at radius 3 is 2.62 bits per heavy atom. The molecule has 2 aromatic rings. The molecule has 0 N–H and O–H groups in total. The number of hydrogen-bond acceptors (Lipinski definition) is 1. The minimum atomic E-state index is 1.02. The summed E-state index contributed by atoms with van der Waals surface area (Å²) >= 11 is 3.53. The first-order chi connectivity index (χ1) is 6.09. The molecule has 2 heterocycles. The van der Waals surface area contributed by atoms with Gasteiger partial charge >= 0.3 is 0 Å². The summed E-state index contributed by atoms with van der Waals surface area (Å²) in [5, 5.41) is 0. The molecule has 0 bridgehead atoms. The van der Waals surface area contributed by atoms with E-state index in [9.17, 15) is 0 Å². The Balaban J connectivity index is 2.94. The van der Waals surface area contributed by atoms with Crippen LogP contribution in [0.2, 0.25) is 0 Å². The fourth-order valence-corrected chi connectivity index (χ4v) is 2.15. The summed E-state index contributed by atoms with van der Waals surface area (Å²) in [4.78, 5) is 4.45. The van der Waals surface area contributed by atoms with Crippen LogP contribution in [0.5, 0.6) is 0 Å². The zero-order chi connectivity index (χ0) is 9.59. The molecule has 13 heavy (non-hydrogen) atoms. The number of aryl methyl sites for hydroxylation is 3. The molecular weight excluding hydrogens is 228 g/mol. The molecule has 2 rings (SSSR count). The summed E-state index contributed by atoms with van der Waals surface area (Å²) in [5.41, 5.74) is 4.51. The van der Waals surface area contributed by atoms with E-state index in [1.54, 1.807) is 0 Å². The maximum Gasteiger partial charge on any atom is 0.138 e. The first-order valence-electron chi connectivity index (χ1n) is 4.21.